The highest BCUT2D eigenvalue weighted by Gasteiger charge is 2.35. The zero-order valence-corrected chi connectivity index (χ0v) is 25.8. The van der Waals surface area contributed by atoms with Crippen molar-refractivity contribution in [2.75, 3.05) is 62.7 Å². The molecule has 0 aliphatic carbocycles. The molecule has 3 saturated heterocycles. The fourth-order valence-corrected chi connectivity index (χ4v) is 5.96. The molecule has 0 unspecified atom stereocenters. The summed E-state index contributed by atoms with van der Waals surface area (Å²) in [7, 11) is 0. The van der Waals surface area contributed by atoms with Crippen LogP contribution in [0.4, 0.5) is 21.7 Å². The van der Waals surface area contributed by atoms with Gasteiger partial charge in [0.2, 0.25) is 11.8 Å². The standard InChI is InChI=1S/C32H34FN11O3/c1-20-37-30(41-40-20)31(45)44-9-8-28(26(33)16-44)47-27-7-2-21(14-22(27)15-34)29-35-19-36-32(39-29)38-23-3-5-24(6-4-23)42-10-12-43(13-11-42)25-17-46-18-25/h2-7,14,19,25-26,28H,8-13,16-18H2,1H3,(H,37,40,41)(H,35,36,38,39)/t26-,28-/m0/s1. The number of aromatic amines is 1. The number of carbonyl (C=O) groups excluding carboxylic acids is 1. The SMILES string of the molecule is Cc1nc(C(=O)N2CC[C@H](Oc3ccc(-c4ncnc(Nc5ccc(N6CCN(C7COC7)CC6)cc5)n4)cc3C#N)[C@@H](F)C2)n[nH]1. The van der Waals surface area contributed by atoms with Crippen LogP contribution >= 0.6 is 0 Å². The van der Waals surface area contributed by atoms with Crippen LogP contribution in [0.1, 0.15) is 28.4 Å². The summed E-state index contributed by atoms with van der Waals surface area (Å²) in [6, 6.07) is 15.8. The Kier molecular flexibility index (Phi) is 8.60. The first-order valence-corrected chi connectivity index (χ1v) is 15.6. The molecule has 0 spiro atoms. The van der Waals surface area contributed by atoms with Gasteiger partial charge in [0.05, 0.1) is 31.4 Å². The zero-order valence-electron chi connectivity index (χ0n) is 25.8. The Morgan fingerprint density at radius 2 is 1.89 bits per heavy atom. The van der Waals surface area contributed by atoms with Crippen molar-refractivity contribution >= 4 is 23.2 Å². The molecule has 2 aromatic heterocycles. The van der Waals surface area contributed by atoms with Crippen molar-refractivity contribution in [2.24, 2.45) is 0 Å². The number of ether oxygens (including phenoxy) is 2. The van der Waals surface area contributed by atoms with Crippen LogP contribution in [0.15, 0.2) is 48.8 Å². The Morgan fingerprint density at radius 3 is 2.57 bits per heavy atom. The summed E-state index contributed by atoms with van der Waals surface area (Å²) < 4.78 is 26.4. The van der Waals surface area contributed by atoms with Gasteiger partial charge < -0.3 is 24.6 Å². The highest BCUT2D eigenvalue weighted by atomic mass is 19.1. The van der Waals surface area contributed by atoms with E-state index in [9.17, 15) is 10.1 Å². The molecule has 2 aromatic carbocycles. The Labute approximate surface area is 270 Å². The van der Waals surface area contributed by atoms with Crippen molar-refractivity contribution in [3.05, 3.63) is 66.0 Å². The van der Waals surface area contributed by atoms with Crippen LogP contribution < -0.4 is 15.0 Å². The molecule has 14 nitrogen and oxygen atoms in total. The van der Waals surface area contributed by atoms with E-state index in [-0.39, 0.29) is 36.6 Å². The average Bonchev–Trinajstić information content (AvgIpc) is 3.51. The van der Waals surface area contributed by atoms with Gasteiger partial charge in [-0.15, -0.1) is 5.10 Å². The first-order valence-electron chi connectivity index (χ1n) is 15.6. The van der Waals surface area contributed by atoms with Gasteiger partial charge in [0.1, 0.15) is 30.1 Å². The highest BCUT2D eigenvalue weighted by molar-refractivity contribution is 5.90. The quantitative estimate of drug-likeness (QED) is 0.291. The number of anilines is 3. The van der Waals surface area contributed by atoms with E-state index in [0.717, 1.165) is 45.1 Å². The minimum Gasteiger partial charge on any atom is -0.486 e. The van der Waals surface area contributed by atoms with E-state index in [1.54, 1.807) is 25.1 Å². The summed E-state index contributed by atoms with van der Waals surface area (Å²) in [5, 5.41) is 19.6. The number of aryl methyl sites for hydroxylation is 1. The zero-order chi connectivity index (χ0) is 32.3. The Balaban J connectivity index is 0.965. The van der Waals surface area contributed by atoms with Crippen molar-refractivity contribution in [3.63, 3.8) is 0 Å². The number of carbonyl (C=O) groups is 1. The number of nitrogens with zero attached hydrogens (tertiary/aromatic N) is 9. The number of aromatic nitrogens is 6. The van der Waals surface area contributed by atoms with E-state index in [1.165, 1.54) is 16.9 Å². The number of piperazine rings is 1. The van der Waals surface area contributed by atoms with Gasteiger partial charge in [-0.2, -0.15) is 10.2 Å². The van der Waals surface area contributed by atoms with E-state index in [1.807, 2.05) is 12.1 Å². The molecule has 0 radical (unpaired) electrons. The molecular formula is C32H34FN11O3. The highest BCUT2D eigenvalue weighted by Crippen LogP contribution is 2.29. The average molecular weight is 640 g/mol. The smallest absolute Gasteiger partial charge is 0.293 e. The number of H-pyrrole nitrogens is 1. The van der Waals surface area contributed by atoms with Gasteiger partial charge in [-0.3, -0.25) is 14.8 Å². The topological polar surface area (TPSA) is 161 Å². The van der Waals surface area contributed by atoms with Crippen LogP contribution in [0.25, 0.3) is 11.4 Å². The van der Waals surface area contributed by atoms with Crippen LogP contribution in [0.5, 0.6) is 5.75 Å². The predicted molar refractivity (Wildman–Crippen MR) is 169 cm³/mol. The number of hydrogen-bond donors (Lipinski definition) is 2. The summed E-state index contributed by atoms with van der Waals surface area (Å²) in [6.45, 7) is 7.51. The molecule has 242 valence electrons. The minimum atomic E-state index is -1.46. The second-order valence-corrected chi connectivity index (χ2v) is 11.8. The largest absolute Gasteiger partial charge is 0.486 e. The molecule has 15 heteroatoms. The summed E-state index contributed by atoms with van der Waals surface area (Å²) >= 11 is 0. The monoisotopic (exact) mass is 639 g/mol. The molecule has 2 N–H and O–H groups in total. The van der Waals surface area contributed by atoms with Crippen LogP contribution in [0, 0.1) is 18.3 Å². The van der Waals surface area contributed by atoms with Gasteiger partial charge >= 0.3 is 0 Å². The minimum absolute atomic E-state index is 0.00568. The molecule has 3 aliphatic heterocycles. The number of benzene rings is 2. The maximum absolute atomic E-state index is 15.1. The first-order chi connectivity index (χ1) is 22.9. The number of piperidine rings is 1. The molecular weight excluding hydrogens is 605 g/mol. The maximum atomic E-state index is 15.1. The number of amides is 1. The van der Waals surface area contributed by atoms with E-state index >= 15 is 4.39 Å². The number of nitriles is 1. The second kappa shape index (κ2) is 13.3. The van der Waals surface area contributed by atoms with Gasteiger partial charge in [-0.1, -0.05) is 0 Å². The van der Waals surface area contributed by atoms with E-state index in [4.69, 9.17) is 9.47 Å². The number of alkyl halides is 1. The molecule has 4 aromatic rings. The molecule has 1 amide bonds. The third kappa shape index (κ3) is 6.69. The van der Waals surface area contributed by atoms with Crippen molar-refractivity contribution in [1.29, 1.82) is 5.26 Å². The van der Waals surface area contributed by atoms with E-state index in [2.05, 4.69) is 63.5 Å². The fraction of sp³-hybridized carbons (Fsp3) is 0.406. The summed E-state index contributed by atoms with van der Waals surface area (Å²) in [6.07, 6.45) is -0.621. The van der Waals surface area contributed by atoms with Crippen LogP contribution in [-0.4, -0.2) is 117 Å². The number of nitrogens with one attached hydrogen (secondary N) is 2. The normalized spacial score (nSPS) is 20.4. The number of likely N-dealkylation sites (tertiary alicyclic amines) is 1. The third-order valence-electron chi connectivity index (χ3n) is 8.71. The molecule has 7 rings (SSSR count). The van der Waals surface area contributed by atoms with Crippen molar-refractivity contribution < 1.29 is 18.7 Å². The molecule has 47 heavy (non-hydrogen) atoms. The van der Waals surface area contributed by atoms with Gasteiger partial charge in [0, 0.05) is 56.1 Å². The van der Waals surface area contributed by atoms with Gasteiger partial charge in [0.25, 0.3) is 5.91 Å². The lowest BCUT2D eigenvalue weighted by atomic mass is 10.0. The number of rotatable bonds is 8. The number of halogens is 1. The summed E-state index contributed by atoms with van der Waals surface area (Å²) in [4.78, 5) is 36.1. The lowest BCUT2D eigenvalue weighted by molar-refractivity contribution is -0.0660. The predicted octanol–water partition coefficient (Wildman–Crippen LogP) is 2.73. The van der Waals surface area contributed by atoms with E-state index < -0.39 is 18.2 Å². The van der Waals surface area contributed by atoms with Gasteiger partial charge in [-0.25, -0.2) is 19.3 Å². The van der Waals surface area contributed by atoms with Crippen molar-refractivity contribution in [1.82, 2.24) is 39.9 Å². The maximum Gasteiger partial charge on any atom is 0.293 e. The molecule has 2 atom stereocenters. The molecule has 5 heterocycles. The fourth-order valence-electron chi connectivity index (χ4n) is 5.96. The van der Waals surface area contributed by atoms with Crippen molar-refractivity contribution in [2.45, 2.75) is 31.7 Å². The molecule has 3 aliphatic rings. The molecule has 0 bridgehead atoms. The van der Waals surface area contributed by atoms with Crippen molar-refractivity contribution in [3.8, 4) is 23.2 Å². The summed E-state index contributed by atoms with van der Waals surface area (Å²) in [5.41, 5.74) is 2.81. The summed E-state index contributed by atoms with van der Waals surface area (Å²) in [5.74, 6) is 1.05. The van der Waals surface area contributed by atoms with Crippen LogP contribution in [0.3, 0.4) is 0 Å². The lowest BCUT2D eigenvalue weighted by Crippen LogP contribution is -2.56. The first kappa shape index (κ1) is 30.5. The Morgan fingerprint density at radius 1 is 1.09 bits per heavy atom. The van der Waals surface area contributed by atoms with Gasteiger partial charge in [-0.05, 0) is 49.4 Å². The molecule has 3 fully saturated rings. The third-order valence-corrected chi connectivity index (χ3v) is 8.71. The lowest BCUT2D eigenvalue weighted by Gasteiger charge is -2.43. The Hall–Kier alpha value is -5.20. The van der Waals surface area contributed by atoms with Crippen LogP contribution in [0.2, 0.25) is 0 Å². The van der Waals surface area contributed by atoms with Gasteiger partial charge in [0.15, 0.2) is 12.0 Å². The molecule has 0 saturated carbocycles. The Bertz CT molecular complexity index is 1770. The second-order valence-electron chi connectivity index (χ2n) is 11.8. The van der Waals surface area contributed by atoms with Crippen LogP contribution in [-0.2, 0) is 4.74 Å². The van der Waals surface area contributed by atoms with E-state index in [0.29, 0.717) is 29.2 Å². The number of hydrogen-bond acceptors (Lipinski definition) is 12.